The molecule has 0 N–H and O–H groups in total. The number of hydrogen-bond donors (Lipinski definition) is 0. The Balaban J connectivity index is 1.84. The van der Waals surface area contributed by atoms with Crippen molar-refractivity contribution in [2.45, 2.75) is 51.3 Å². The van der Waals surface area contributed by atoms with Gasteiger partial charge in [-0.05, 0) is 56.2 Å². The molecule has 0 amide bonds. The quantitative estimate of drug-likeness (QED) is 0.583. The van der Waals surface area contributed by atoms with Crippen molar-refractivity contribution in [2.75, 3.05) is 20.3 Å². The topological polar surface area (TPSA) is 44.8 Å². The zero-order valence-electron chi connectivity index (χ0n) is 15.8. The number of alkyl halides is 3. The Labute approximate surface area is 158 Å². The normalized spacial score (nSPS) is 21.5. The van der Waals surface area contributed by atoms with Crippen LogP contribution in [0.5, 0.6) is 5.75 Å². The van der Waals surface area contributed by atoms with Crippen molar-refractivity contribution in [3.8, 4) is 5.75 Å². The third kappa shape index (κ3) is 6.72. The molecule has 0 aromatic heterocycles. The monoisotopic (exact) mass is 388 g/mol. The molecule has 1 aromatic carbocycles. The van der Waals surface area contributed by atoms with Gasteiger partial charge in [-0.1, -0.05) is 12.1 Å². The van der Waals surface area contributed by atoms with Crippen molar-refractivity contribution in [1.29, 1.82) is 0 Å². The highest BCUT2D eigenvalue weighted by Gasteiger charge is 2.41. The SMILES string of the molecule is CCO[C@@H](CC(=O)OC)c1ccc(OC[C@H]2CC[C@@H](C(F)(F)F)CC2)cc1. The third-order valence-electron chi connectivity index (χ3n) is 4.99. The van der Waals surface area contributed by atoms with E-state index in [4.69, 9.17) is 14.2 Å². The Morgan fingerprint density at radius 3 is 2.30 bits per heavy atom. The highest BCUT2D eigenvalue weighted by molar-refractivity contribution is 5.70. The van der Waals surface area contributed by atoms with E-state index in [1.807, 2.05) is 19.1 Å². The Kier molecular flexibility index (Phi) is 7.95. The third-order valence-corrected chi connectivity index (χ3v) is 4.99. The summed E-state index contributed by atoms with van der Waals surface area (Å²) in [7, 11) is 1.34. The molecule has 1 atom stereocenters. The van der Waals surface area contributed by atoms with Gasteiger partial charge in [0, 0.05) is 6.61 Å². The summed E-state index contributed by atoms with van der Waals surface area (Å²) in [6.45, 7) is 2.75. The molecule has 152 valence electrons. The number of benzene rings is 1. The van der Waals surface area contributed by atoms with Gasteiger partial charge in [-0.2, -0.15) is 13.2 Å². The second-order valence-electron chi connectivity index (χ2n) is 6.86. The van der Waals surface area contributed by atoms with Gasteiger partial charge in [-0.3, -0.25) is 4.79 Å². The van der Waals surface area contributed by atoms with Crippen LogP contribution in [0.25, 0.3) is 0 Å². The van der Waals surface area contributed by atoms with Crippen LogP contribution in [0, 0.1) is 11.8 Å². The van der Waals surface area contributed by atoms with Crippen LogP contribution in [-0.2, 0) is 14.3 Å². The summed E-state index contributed by atoms with van der Waals surface area (Å²) >= 11 is 0. The van der Waals surface area contributed by atoms with E-state index in [0.717, 1.165) is 5.56 Å². The second-order valence-corrected chi connectivity index (χ2v) is 6.86. The van der Waals surface area contributed by atoms with Gasteiger partial charge in [-0.25, -0.2) is 0 Å². The van der Waals surface area contributed by atoms with E-state index in [1.54, 1.807) is 12.1 Å². The fourth-order valence-corrected chi connectivity index (χ4v) is 3.36. The molecule has 0 spiro atoms. The fourth-order valence-electron chi connectivity index (χ4n) is 3.36. The van der Waals surface area contributed by atoms with E-state index in [0.29, 0.717) is 31.8 Å². The van der Waals surface area contributed by atoms with Gasteiger partial charge in [-0.15, -0.1) is 0 Å². The average Bonchev–Trinajstić information content (AvgIpc) is 2.66. The van der Waals surface area contributed by atoms with Crippen LogP contribution >= 0.6 is 0 Å². The number of carbonyl (C=O) groups is 1. The number of hydrogen-bond acceptors (Lipinski definition) is 4. The molecule has 4 nitrogen and oxygen atoms in total. The van der Waals surface area contributed by atoms with Gasteiger partial charge < -0.3 is 14.2 Å². The standard InChI is InChI=1S/C20H27F3O4/c1-3-26-18(12-19(24)25-2)15-6-10-17(11-7-15)27-13-14-4-8-16(9-5-14)20(21,22)23/h6-7,10-11,14,16,18H,3-5,8-9,12-13H2,1-2H3/t14-,16+,18-/m0/s1. The maximum atomic E-state index is 12.7. The molecule has 0 aliphatic heterocycles. The van der Waals surface area contributed by atoms with E-state index in [9.17, 15) is 18.0 Å². The van der Waals surface area contributed by atoms with Crippen molar-refractivity contribution in [2.24, 2.45) is 11.8 Å². The van der Waals surface area contributed by atoms with E-state index in [1.165, 1.54) is 7.11 Å². The summed E-state index contributed by atoms with van der Waals surface area (Å²) in [5, 5.41) is 0. The molecule has 1 aromatic rings. The van der Waals surface area contributed by atoms with Crippen LogP contribution in [0.15, 0.2) is 24.3 Å². The Hall–Kier alpha value is -1.76. The molecule has 0 radical (unpaired) electrons. The summed E-state index contributed by atoms with van der Waals surface area (Å²) in [6, 6.07) is 7.25. The van der Waals surface area contributed by atoms with Crippen molar-refractivity contribution < 1.29 is 32.2 Å². The minimum atomic E-state index is -4.08. The van der Waals surface area contributed by atoms with Crippen molar-refractivity contribution >= 4 is 5.97 Å². The van der Waals surface area contributed by atoms with Crippen molar-refractivity contribution in [3.05, 3.63) is 29.8 Å². The molecule has 1 aliphatic carbocycles. The van der Waals surface area contributed by atoms with Crippen LogP contribution in [-0.4, -0.2) is 32.5 Å². The number of esters is 1. The first-order chi connectivity index (χ1) is 12.8. The maximum absolute atomic E-state index is 12.7. The lowest BCUT2D eigenvalue weighted by Gasteiger charge is -2.29. The predicted octanol–water partition coefficient (Wildman–Crippen LogP) is 5.07. The molecular weight excluding hydrogens is 361 g/mol. The smallest absolute Gasteiger partial charge is 0.391 e. The lowest BCUT2D eigenvalue weighted by Crippen LogP contribution is -2.29. The van der Waals surface area contributed by atoms with E-state index >= 15 is 0 Å². The van der Waals surface area contributed by atoms with Crippen LogP contribution in [0.4, 0.5) is 13.2 Å². The van der Waals surface area contributed by atoms with Crippen LogP contribution in [0.1, 0.15) is 50.7 Å². The summed E-state index contributed by atoms with van der Waals surface area (Å²) in [5.41, 5.74) is 0.847. The molecule has 1 aliphatic rings. The second kappa shape index (κ2) is 9.97. The molecule has 2 rings (SSSR count). The van der Waals surface area contributed by atoms with Crippen molar-refractivity contribution in [3.63, 3.8) is 0 Å². The van der Waals surface area contributed by atoms with E-state index < -0.39 is 12.1 Å². The van der Waals surface area contributed by atoms with Gasteiger partial charge in [0.15, 0.2) is 0 Å². The zero-order chi connectivity index (χ0) is 19.9. The van der Waals surface area contributed by atoms with Gasteiger partial charge in [0.05, 0.1) is 32.2 Å². The summed E-state index contributed by atoms with van der Waals surface area (Å²) < 4.78 is 54.2. The summed E-state index contributed by atoms with van der Waals surface area (Å²) in [4.78, 5) is 11.5. The first kappa shape index (κ1) is 21.5. The van der Waals surface area contributed by atoms with E-state index in [-0.39, 0.29) is 37.3 Å². The van der Waals surface area contributed by atoms with Crippen LogP contribution in [0.3, 0.4) is 0 Å². The average molecular weight is 388 g/mol. The van der Waals surface area contributed by atoms with Gasteiger partial charge in [0.25, 0.3) is 0 Å². The number of carbonyl (C=O) groups excluding carboxylic acids is 1. The van der Waals surface area contributed by atoms with Gasteiger partial charge >= 0.3 is 12.1 Å². The molecule has 0 bridgehead atoms. The van der Waals surface area contributed by atoms with Crippen LogP contribution < -0.4 is 4.74 Å². The maximum Gasteiger partial charge on any atom is 0.391 e. The molecule has 27 heavy (non-hydrogen) atoms. The number of methoxy groups -OCH3 is 1. The molecule has 7 heteroatoms. The van der Waals surface area contributed by atoms with E-state index in [2.05, 4.69) is 0 Å². The lowest BCUT2D eigenvalue weighted by molar-refractivity contribution is -0.184. The molecule has 1 saturated carbocycles. The zero-order valence-corrected chi connectivity index (χ0v) is 15.8. The summed E-state index contributed by atoms with van der Waals surface area (Å²) in [6.07, 6.45) is -2.90. The largest absolute Gasteiger partial charge is 0.493 e. The number of halogens is 3. The van der Waals surface area contributed by atoms with Gasteiger partial charge in [0.1, 0.15) is 5.75 Å². The summed E-state index contributed by atoms with van der Waals surface area (Å²) in [5.74, 6) is -0.703. The Morgan fingerprint density at radius 1 is 1.15 bits per heavy atom. The predicted molar refractivity (Wildman–Crippen MR) is 94.4 cm³/mol. The fraction of sp³-hybridized carbons (Fsp3) is 0.650. The number of ether oxygens (including phenoxy) is 3. The van der Waals surface area contributed by atoms with Crippen molar-refractivity contribution in [1.82, 2.24) is 0 Å². The first-order valence-electron chi connectivity index (χ1n) is 9.31. The Morgan fingerprint density at radius 2 is 1.78 bits per heavy atom. The molecule has 1 fully saturated rings. The highest BCUT2D eigenvalue weighted by Crippen LogP contribution is 2.39. The molecule has 0 saturated heterocycles. The minimum absolute atomic E-state index is 0.132. The van der Waals surface area contributed by atoms with Crippen LogP contribution in [0.2, 0.25) is 0 Å². The minimum Gasteiger partial charge on any atom is -0.493 e. The highest BCUT2D eigenvalue weighted by atomic mass is 19.4. The van der Waals surface area contributed by atoms with Gasteiger partial charge in [0.2, 0.25) is 0 Å². The Bertz CT molecular complexity index is 578. The number of rotatable bonds is 8. The molecular formula is C20H27F3O4. The lowest BCUT2D eigenvalue weighted by atomic mass is 9.82. The molecule has 0 heterocycles. The first-order valence-corrected chi connectivity index (χ1v) is 9.31. The molecule has 0 unspecified atom stereocenters.